The Balaban J connectivity index is 1.71. The Morgan fingerprint density at radius 2 is 1.90 bits per heavy atom. The molecule has 1 N–H and O–H groups in total. The van der Waals surface area contributed by atoms with Crippen molar-refractivity contribution in [2.75, 3.05) is 13.2 Å². The van der Waals surface area contributed by atoms with E-state index in [0.717, 1.165) is 5.56 Å². The van der Waals surface area contributed by atoms with Crippen molar-refractivity contribution in [1.29, 1.82) is 0 Å². The van der Waals surface area contributed by atoms with E-state index < -0.39 is 11.4 Å². The molecule has 0 aliphatic carbocycles. The zero-order chi connectivity index (χ0) is 14.0. The Morgan fingerprint density at radius 1 is 1.15 bits per heavy atom. The molecule has 3 nitrogen and oxygen atoms in total. The molecule has 104 valence electrons. The zero-order valence-corrected chi connectivity index (χ0v) is 10.9. The van der Waals surface area contributed by atoms with Crippen molar-refractivity contribution in [3.8, 4) is 5.75 Å². The second kappa shape index (κ2) is 5.23. The molecule has 2 aromatic rings. The second-order valence-electron chi connectivity index (χ2n) is 4.94. The van der Waals surface area contributed by atoms with Gasteiger partial charge in [0.2, 0.25) is 0 Å². The van der Waals surface area contributed by atoms with Crippen molar-refractivity contribution in [2.45, 2.75) is 12.2 Å². The van der Waals surface area contributed by atoms with Gasteiger partial charge in [0, 0.05) is 11.6 Å². The van der Waals surface area contributed by atoms with Gasteiger partial charge in [0.1, 0.15) is 23.8 Å². The molecule has 0 unspecified atom stereocenters. The number of hydrogen-bond donors (Lipinski definition) is 1. The van der Waals surface area contributed by atoms with E-state index in [9.17, 15) is 9.50 Å². The van der Waals surface area contributed by atoms with E-state index in [0.29, 0.717) is 12.4 Å². The monoisotopic (exact) mass is 274 g/mol. The first-order chi connectivity index (χ1) is 9.67. The van der Waals surface area contributed by atoms with E-state index >= 15 is 0 Å². The summed E-state index contributed by atoms with van der Waals surface area (Å²) in [5, 5.41) is 10.1. The molecule has 4 heteroatoms. The number of aliphatic hydroxyl groups is 1. The SMILES string of the molecule is OC1(c2ccc(OCc3ccccc3)cc2F)COC1. The largest absolute Gasteiger partial charge is 0.489 e. The maximum absolute atomic E-state index is 14.0. The van der Waals surface area contributed by atoms with Crippen molar-refractivity contribution < 1.29 is 19.0 Å². The Kier molecular flexibility index (Phi) is 3.42. The van der Waals surface area contributed by atoms with Crippen LogP contribution in [-0.2, 0) is 16.9 Å². The van der Waals surface area contributed by atoms with Crippen LogP contribution in [-0.4, -0.2) is 18.3 Å². The molecule has 3 rings (SSSR count). The summed E-state index contributed by atoms with van der Waals surface area (Å²) in [5.74, 6) is -0.0275. The second-order valence-corrected chi connectivity index (χ2v) is 4.94. The van der Waals surface area contributed by atoms with E-state index in [1.165, 1.54) is 6.07 Å². The summed E-state index contributed by atoms with van der Waals surface area (Å²) in [7, 11) is 0. The van der Waals surface area contributed by atoms with E-state index in [-0.39, 0.29) is 18.8 Å². The van der Waals surface area contributed by atoms with Crippen molar-refractivity contribution in [1.82, 2.24) is 0 Å². The van der Waals surface area contributed by atoms with Crippen LogP contribution in [0.2, 0.25) is 0 Å². The normalized spacial score (nSPS) is 16.5. The first-order valence-corrected chi connectivity index (χ1v) is 6.44. The molecule has 1 saturated heterocycles. The Bertz CT molecular complexity index is 594. The van der Waals surface area contributed by atoms with Crippen LogP contribution in [0.4, 0.5) is 4.39 Å². The van der Waals surface area contributed by atoms with Crippen LogP contribution in [0.25, 0.3) is 0 Å². The summed E-state index contributed by atoms with van der Waals surface area (Å²) in [5.41, 5.74) is 0.0843. The van der Waals surface area contributed by atoms with Gasteiger partial charge >= 0.3 is 0 Å². The predicted molar refractivity (Wildman–Crippen MR) is 71.9 cm³/mol. The lowest BCUT2D eigenvalue weighted by molar-refractivity contribution is -0.186. The standard InChI is InChI=1S/C16H15FO3/c17-15-8-13(20-9-12-4-2-1-3-5-12)6-7-14(15)16(18)10-19-11-16/h1-8,18H,9-11H2. The highest BCUT2D eigenvalue weighted by molar-refractivity contribution is 5.34. The quantitative estimate of drug-likeness (QED) is 0.931. The van der Waals surface area contributed by atoms with Gasteiger partial charge in [0.05, 0.1) is 13.2 Å². The van der Waals surface area contributed by atoms with Gasteiger partial charge in [-0.05, 0) is 17.7 Å². The van der Waals surface area contributed by atoms with Crippen molar-refractivity contribution in [3.63, 3.8) is 0 Å². The zero-order valence-electron chi connectivity index (χ0n) is 10.9. The van der Waals surface area contributed by atoms with Gasteiger partial charge in [-0.1, -0.05) is 30.3 Å². The van der Waals surface area contributed by atoms with Crippen molar-refractivity contribution in [3.05, 3.63) is 65.5 Å². The highest BCUT2D eigenvalue weighted by Crippen LogP contribution is 2.32. The fourth-order valence-electron chi connectivity index (χ4n) is 2.15. The number of ether oxygens (including phenoxy) is 2. The lowest BCUT2D eigenvalue weighted by Crippen LogP contribution is -2.47. The third-order valence-electron chi connectivity index (χ3n) is 3.37. The molecule has 1 aliphatic heterocycles. The van der Waals surface area contributed by atoms with Crippen LogP contribution < -0.4 is 4.74 Å². The fraction of sp³-hybridized carbons (Fsp3) is 0.250. The summed E-state index contributed by atoms with van der Waals surface area (Å²) in [6, 6.07) is 14.2. The van der Waals surface area contributed by atoms with Crippen LogP contribution in [0.1, 0.15) is 11.1 Å². The van der Waals surface area contributed by atoms with Gasteiger partial charge in [-0.2, -0.15) is 0 Å². The van der Waals surface area contributed by atoms with Gasteiger partial charge in [-0.15, -0.1) is 0 Å². The highest BCUT2D eigenvalue weighted by Gasteiger charge is 2.40. The van der Waals surface area contributed by atoms with Gasteiger partial charge in [-0.25, -0.2) is 4.39 Å². The number of halogens is 1. The molecule has 2 aromatic carbocycles. The van der Waals surface area contributed by atoms with Gasteiger partial charge in [0.25, 0.3) is 0 Å². The molecular formula is C16H15FO3. The molecule has 0 aromatic heterocycles. The smallest absolute Gasteiger partial charge is 0.139 e. The first kappa shape index (κ1) is 13.1. The minimum atomic E-state index is -1.19. The number of hydrogen-bond acceptors (Lipinski definition) is 3. The van der Waals surface area contributed by atoms with E-state index in [1.807, 2.05) is 30.3 Å². The Labute approximate surface area is 116 Å². The highest BCUT2D eigenvalue weighted by atomic mass is 19.1. The first-order valence-electron chi connectivity index (χ1n) is 6.44. The molecule has 0 amide bonds. The molecule has 1 fully saturated rings. The summed E-state index contributed by atoms with van der Waals surface area (Å²) in [6.45, 7) is 0.648. The number of benzene rings is 2. The topological polar surface area (TPSA) is 38.7 Å². The van der Waals surface area contributed by atoms with Crippen LogP contribution in [0.5, 0.6) is 5.75 Å². The van der Waals surface area contributed by atoms with E-state index in [2.05, 4.69) is 0 Å². The molecule has 0 saturated carbocycles. The molecular weight excluding hydrogens is 259 g/mol. The number of rotatable bonds is 4. The lowest BCUT2D eigenvalue weighted by atomic mass is 9.91. The van der Waals surface area contributed by atoms with Gasteiger partial charge in [0.15, 0.2) is 0 Å². The maximum atomic E-state index is 14.0. The molecule has 1 heterocycles. The maximum Gasteiger partial charge on any atom is 0.139 e. The van der Waals surface area contributed by atoms with E-state index in [4.69, 9.17) is 9.47 Å². The van der Waals surface area contributed by atoms with E-state index in [1.54, 1.807) is 12.1 Å². The Morgan fingerprint density at radius 3 is 2.50 bits per heavy atom. The molecule has 1 aliphatic rings. The molecule has 0 bridgehead atoms. The minimum Gasteiger partial charge on any atom is -0.489 e. The molecule has 20 heavy (non-hydrogen) atoms. The average Bonchev–Trinajstić information content (AvgIpc) is 2.44. The minimum absolute atomic E-state index is 0.133. The molecule has 0 atom stereocenters. The molecule has 0 spiro atoms. The van der Waals surface area contributed by atoms with Gasteiger partial charge in [-0.3, -0.25) is 0 Å². The summed E-state index contributed by atoms with van der Waals surface area (Å²) < 4.78 is 24.5. The summed E-state index contributed by atoms with van der Waals surface area (Å²) in [4.78, 5) is 0. The van der Waals surface area contributed by atoms with Crippen LogP contribution in [0.3, 0.4) is 0 Å². The fourth-order valence-corrected chi connectivity index (χ4v) is 2.15. The summed E-state index contributed by atoms with van der Waals surface area (Å²) in [6.07, 6.45) is 0. The van der Waals surface area contributed by atoms with Crippen LogP contribution >= 0.6 is 0 Å². The van der Waals surface area contributed by atoms with Crippen molar-refractivity contribution >= 4 is 0 Å². The third kappa shape index (κ3) is 2.53. The van der Waals surface area contributed by atoms with Crippen LogP contribution in [0.15, 0.2) is 48.5 Å². The lowest BCUT2D eigenvalue weighted by Gasteiger charge is -2.36. The summed E-state index contributed by atoms with van der Waals surface area (Å²) >= 11 is 0. The average molecular weight is 274 g/mol. The van der Waals surface area contributed by atoms with Crippen LogP contribution in [0, 0.1) is 5.82 Å². The Hall–Kier alpha value is -1.91. The predicted octanol–water partition coefficient (Wildman–Crippen LogP) is 2.62. The van der Waals surface area contributed by atoms with Crippen molar-refractivity contribution in [2.24, 2.45) is 0 Å². The van der Waals surface area contributed by atoms with Gasteiger partial charge < -0.3 is 14.6 Å². The third-order valence-corrected chi connectivity index (χ3v) is 3.37. The molecule has 0 radical (unpaired) electrons.